The third-order valence-corrected chi connectivity index (χ3v) is 5.86. The molecule has 1 saturated heterocycles. The van der Waals surface area contributed by atoms with Crippen molar-refractivity contribution in [1.29, 1.82) is 0 Å². The van der Waals surface area contributed by atoms with Gasteiger partial charge >= 0.3 is 0 Å². The van der Waals surface area contributed by atoms with Crippen LogP contribution in [0.3, 0.4) is 0 Å². The minimum absolute atomic E-state index is 0.0570. The number of anilines is 1. The Bertz CT molecular complexity index is 992. The highest BCUT2D eigenvalue weighted by Gasteiger charge is 2.36. The molecule has 1 aliphatic rings. The van der Waals surface area contributed by atoms with E-state index in [9.17, 15) is 4.79 Å². The highest BCUT2D eigenvalue weighted by atomic mass is 32.2. The Morgan fingerprint density at radius 1 is 0.862 bits per heavy atom. The first-order valence-electron chi connectivity index (χ1n) is 9.18. The fraction of sp³-hybridized carbons (Fsp3) is 0.174. The van der Waals surface area contributed by atoms with Gasteiger partial charge in [-0.2, -0.15) is 0 Å². The van der Waals surface area contributed by atoms with Gasteiger partial charge in [0.05, 0.1) is 20.0 Å². The molecule has 5 nitrogen and oxygen atoms in total. The van der Waals surface area contributed by atoms with Gasteiger partial charge in [-0.3, -0.25) is 9.69 Å². The monoisotopic (exact) mass is 407 g/mol. The summed E-state index contributed by atoms with van der Waals surface area (Å²) in [5.74, 6) is 3.41. The summed E-state index contributed by atoms with van der Waals surface area (Å²) in [6.07, 6.45) is 0. The van der Waals surface area contributed by atoms with Gasteiger partial charge in [-0.25, -0.2) is 0 Å². The summed E-state index contributed by atoms with van der Waals surface area (Å²) in [6.45, 7) is 0. The number of hydrogen-bond acceptors (Lipinski definition) is 5. The van der Waals surface area contributed by atoms with Crippen LogP contribution < -0.4 is 19.1 Å². The molecular weight excluding hydrogens is 386 g/mol. The quantitative estimate of drug-likeness (QED) is 0.557. The van der Waals surface area contributed by atoms with Gasteiger partial charge < -0.3 is 14.2 Å². The molecule has 0 radical (unpaired) electrons. The largest absolute Gasteiger partial charge is 0.497 e. The van der Waals surface area contributed by atoms with Crippen LogP contribution >= 0.6 is 11.8 Å². The van der Waals surface area contributed by atoms with E-state index in [1.54, 1.807) is 30.9 Å². The van der Waals surface area contributed by atoms with Crippen LogP contribution in [0.25, 0.3) is 0 Å². The summed E-state index contributed by atoms with van der Waals surface area (Å²) >= 11 is 1.57. The fourth-order valence-electron chi connectivity index (χ4n) is 3.27. The highest BCUT2D eigenvalue weighted by molar-refractivity contribution is 8.00. The van der Waals surface area contributed by atoms with Gasteiger partial charge in [0.1, 0.15) is 28.4 Å². The first-order chi connectivity index (χ1) is 14.2. The molecule has 6 heteroatoms. The van der Waals surface area contributed by atoms with E-state index in [0.717, 1.165) is 34.2 Å². The molecule has 1 amide bonds. The first-order valence-corrected chi connectivity index (χ1v) is 10.2. The third kappa shape index (κ3) is 4.03. The lowest BCUT2D eigenvalue weighted by molar-refractivity contribution is -0.115. The van der Waals surface area contributed by atoms with Crippen molar-refractivity contribution in [1.82, 2.24) is 0 Å². The minimum atomic E-state index is -0.187. The van der Waals surface area contributed by atoms with Gasteiger partial charge in [0.15, 0.2) is 0 Å². The molecule has 3 aromatic rings. The van der Waals surface area contributed by atoms with Gasteiger partial charge in [-0.15, -0.1) is 11.8 Å². The Morgan fingerprint density at radius 2 is 1.55 bits per heavy atom. The smallest absolute Gasteiger partial charge is 0.238 e. The molecule has 1 aliphatic heterocycles. The number of para-hydroxylation sites is 1. The Balaban J connectivity index is 1.62. The Labute approximate surface area is 174 Å². The van der Waals surface area contributed by atoms with E-state index in [4.69, 9.17) is 14.2 Å². The number of hydrogen-bond donors (Lipinski definition) is 0. The zero-order chi connectivity index (χ0) is 20.2. The second-order valence-corrected chi connectivity index (χ2v) is 7.51. The van der Waals surface area contributed by atoms with Gasteiger partial charge in [0.2, 0.25) is 5.91 Å². The molecular formula is C23H21NO4S. The summed E-state index contributed by atoms with van der Waals surface area (Å²) in [6, 6.07) is 22.8. The van der Waals surface area contributed by atoms with Crippen molar-refractivity contribution in [2.45, 2.75) is 5.37 Å². The van der Waals surface area contributed by atoms with Crippen molar-refractivity contribution in [3.05, 3.63) is 78.4 Å². The molecule has 0 aliphatic carbocycles. The SMILES string of the molecule is COc1ccc(OC)c([C@H]2SCC(=O)N2c2ccc(Oc3ccccc3)cc2)c1. The predicted molar refractivity (Wildman–Crippen MR) is 115 cm³/mol. The molecule has 0 saturated carbocycles. The molecule has 0 aromatic heterocycles. The maximum Gasteiger partial charge on any atom is 0.238 e. The average molecular weight is 407 g/mol. The normalized spacial score (nSPS) is 16.0. The van der Waals surface area contributed by atoms with Crippen molar-refractivity contribution in [3.8, 4) is 23.0 Å². The number of methoxy groups -OCH3 is 2. The molecule has 0 bridgehead atoms. The molecule has 0 spiro atoms. The van der Waals surface area contributed by atoms with Crippen molar-refractivity contribution >= 4 is 23.4 Å². The van der Waals surface area contributed by atoms with E-state index in [1.165, 1.54) is 0 Å². The maximum atomic E-state index is 12.7. The van der Waals surface area contributed by atoms with Gasteiger partial charge in [0.25, 0.3) is 0 Å². The van der Waals surface area contributed by atoms with Crippen LogP contribution in [-0.4, -0.2) is 25.9 Å². The molecule has 29 heavy (non-hydrogen) atoms. The standard InChI is InChI=1S/C23H21NO4S/c1-26-19-12-13-21(27-2)20(14-19)23-24(22(25)15-29-23)16-8-10-18(11-9-16)28-17-6-4-3-5-7-17/h3-14,23H,15H2,1-2H3/t23-/m1/s1. The lowest BCUT2D eigenvalue weighted by Crippen LogP contribution is -2.28. The highest BCUT2D eigenvalue weighted by Crippen LogP contribution is 2.46. The fourth-order valence-corrected chi connectivity index (χ4v) is 4.46. The van der Waals surface area contributed by atoms with Crippen LogP contribution in [0, 0.1) is 0 Å². The van der Waals surface area contributed by atoms with Crippen LogP contribution in [0.5, 0.6) is 23.0 Å². The zero-order valence-electron chi connectivity index (χ0n) is 16.2. The Hall–Kier alpha value is -3.12. The van der Waals surface area contributed by atoms with Crippen LogP contribution in [0.15, 0.2) is 72.8 Å². The summed E-state index contributed by atoms with van der Waals surface area (Å²) in [7, 11) is 3.26. The number of amides is 1. The number of ether oxygens (including phenoxy) is 3. The van der Waals surface area contributed by atoms with Gasteiger partial charge in [0, 0.05) is 11.3 Å². The molecule has 1 heterocycles. The molecule has 0 unspecified atom stereocenters. The number of nitrogens with zero attached hydrogens (tertiary/aromatic N) is 1. The maximum absolute atomic E-state index is 12.7. The number of rotatable bonds is 6. The van der Waals surface area contributed by atoms with E-state index >= 15 is 0 Å². The van der Waals surface area contributed by atoms with Crippen molar-refractivity contribution < 1.29 is 19.0 Å². The lowest BCUT2D eigenvalue weighted by Gasteiger charge is -2.26. The summed E-state index contributed by atoms with van der Waals surface area (Å²) in [5.41, 5.74) is 1.72. The number of carbonyl (C=O) groups excluding carboxylic acids is 1. The molecule has 148 valence electrons. The Kier molecular flexibility index (Phi) is 5.62. The number of benzene rings is 3. The van der Waals surface area contributed by atoms with Gasteiger partial charge in [-0.05, 0) is 54.6 Å². The lowest BCUT2D eigenvalue weighted by atomic mass is 10.1. The summed E-state index contributed by atoms with van der Waals surface area (Å²) in [4.78, 5) is 14.5. The van der Waals surface area contributed by atoms with E-state index < -0.39 is 0 Å². The molecule has 3 aromatic carbocycles. The van der Waals surface area contributed by atoms with Crippen LogP contribution in [0.4, 0.5) is 5.69 Å². The van der Waals surface area contributed by atoms with E-state index in [0.29, 0.717) is 5.75 Å². The second-order valence-electron chi connectivity index (χ2n) is 6.44. The van der Waals surface area contributed by atoms with Crippen molar-refractivity contribution in [2.75, 3.05) is 24.9 Å². The number of carbonyl (C=O) groups is 1. The van der Waals surface area contributed by atoms with E-state index in [1.807, 2.05) is 72.8 Å². The topological polar surface area (TPSA) is 48.0 Å². The zero-order valence-corrected chi connectivity index (χ0v) is 17.0. The van der Waals surface area contributed by atoms with E-state index in [-0.39, 0.29) is 11.3 Å². The van der Waals surface area contributed by atoms with Crippen molar-refractivity contribution in [3.63, 3.8) is 0 Å². The second kappa shape index (κ2) is 8.49. The van der Waals surface area contributed by atoms with Crippen LogP contribution in [-0.2, 0) is 4.79 Å². The summed E-state index contributed by atoms with van der Waals surface area (Å²) in [5, 5.41) is -0.187. The first kappa shape index (κ1) is 19.2. The number of thioether (sulfide) groups is 1. The van der Waals surface area contributed by atoms with Crippen LogP contribution in [0.2, 0.25) is 0 Å². The molecule has 0 N–H and O–H groups in total. The van der Waals surface area contributed by atoms with E-state index in [2.05, 4.69) is 0 Å². The molecule has 1 atom stereocenters. The third-order valence-electron chi connectivity index (χ3n) is 4.66. The molecule has 4 rings (SSSR count). The Morgan fingerprint density at radius 3 is 2.24 bits per heavy atom. The van der Waals surface area contributed by atoms with Crippen molar-refractivity contribution in [2.24, 2.45) is 0 Å². The predicted octanol–water partition coefficient (Wildman–Crippen LogP) is 5.27. The van der Waals surface area contributed by atoms with Gasteiger partial charge in [-0.1, -0.05) is 18.2 Å². The minimum Gasteiger partial charge on any atom is -0.497 e. The summed E-state index contributed by atoms with van der Waals surface area (Å²) < 4.78 is 16.8. The van der Waals surface area contributed by atoms with Crippen LogP contribution in [0.1, 0.15) is 10.9 Å². The molecule has 1 fully saturated rings. The average Bonchev–Trinajstić information content (AvgIpc) is 3.15.